The quantitative estimate of drug-likeness (QED) is 0.831. The van der Waals surface area contributed by atoms with E-state index >= 15 is 0 Å². The third-order valence-corrected chi connectivity index (χ3v) is 4.30. The van der Waals surface area contributed by atoms with Crippen molar-refractivity contribution in [1.82, 2.24) is 4.90 Å². The lowest BCUT2D eigenvalue weighted by Gasteiger charge is -2.36. The van der Waals surface area contributed by atoms with Crippen molar-refractivity contribution in [2.24, 2.45) is 0 Å². The van der Waals surface area contributed by atoms with Gasteiger partial charge in [-0.25, -0.2) is 8.78 Å². The molecule has 1 aliphatic heterocycles. The number of ether oxygens (including phenoxy) is 1. The monoisotopic (exact) mass is 332 g/mol. The number of benzene rings is 2. The highest BCUT2D eigenvalue weighted by molar-refractivity contribution is 5.58. The highest BCUT2D eigenvalue weighted by Crippen LogP contribution is 2.29. The van der Waals surface area contributed by atoms with Gasteiger partial charge in [0.1, 0.15) is 5.75 Å². The van der Waals surface area contributed by atoms with E-state index in [1.165, 1.54) is 0 Å². The average molecular weight is 332 g/mol. The summed E-state index contributed by atoms with van der Waals surface area (Å²) in [4.78, 5) is 4.43. The van der Waals surface area contributed by atoms with Crippen molar-refractivity contribution in [3.63, 3.8) is 0 Å². The van der Waals surface area contributed by atoms with Crippen LogP contribution in [0, 0.1) is 11.6 Å². The highest BCUT2D eigenvalue weighted by Gasteiger charge is 2.21. The van der Waals surface area contributed by atoms with E-state index in [4.69, 9.17) is 4.74 Å². The van der Waals surface area contributed by atoms with Gasteiger partial charge in [0.2, 0.25) is 0 Å². The molecule has 0 amide bonds. The van der Waals surface area contributed by atoms with Gasteiger partial charge in [-0.3, -0.25) is 4.90 Å². The summed E-state index contributed by atoms with van der Waals surface area (Å²) in [5.41, 5.74) is 1.51. The number of rotatable bonds is 5. The molecule has 2 aromatic rings. The Hall–Kier alpha value is -2.14. The van der Waals surface area contributed by atoms with E-state index in [-0.39, 0.29) is 0 Å². The number of hydrogen-bond donors (Lipinski definition) is 0. The first-order valence-electron chi connectivity index (χ1n) is 8.31. The fourth-order valence-corrected chi connectivity index (χ4v) is 3.05. The molecule has 0 N–H and O–H groups in total. The van der Waals surface area contributed by atoms with Gasteiger partial charge in [-0.15, -0.1) is 0 Å². The van der Waals surface area contributed by atoms with Crippen molar-refractivity contribution < 1.29 is 13.5 Å². The van der Waals surface area contributed by atoms with Crippen LogP contribution >= 0.6 is 0 Å². The Bertz CT molecular complexity index is 685. The Morgan fingerprint density at radius 1 is 0.958 bits per heavy atom. The first kappa shape index (κ1) is 16.7. The lowest BCUT2D eigenvalue weighted by atomic mass is 10.1. The standard InChI is InChI=1S/C19H22F2N2O/c1-2-24-18-9-4-3-8-17(18)23-12-10-22(11-13-23)14-15-6-5-7-16(20)19(15)21/h3-9H,2,10-14H2,1H3. The molecule has 1 fully saturated rings. The second kappa shape index (κ2) is 7.62. The molecular weight excluding hydrogens is 310 g/mol. The van der Waals surface area contributed by atoms with Crippen LogP contribution in [0.4, 0.5) is 14.5 Å². The minimum atomic E-state index is -0.781. The van der Waals surface area contributed by atoms with E-state index in [0.29, 0.717) is 18.7 Å². The zero-order chi connectivity index (χ0) is 16.9. The molecule has 0 aliphatic carbocycles. The smallest absolute Gasteiger partial charge is 0.163 e. The van der Waals surface area contributed by atoms with Crippen LogP contribution in [0.25, 0.3) is 0 Å². The van der Waals surface area contributed by atoms with Gasteiger partial charge in [-0.05, 0) is 25.1 Å². The SMILES string of the molecule is CCOc1ccccc1N1CCN(Cc2cccc(F)c2F)CC1. The molecule has 1 saturated heterocycles. The average Bonchev–Trinajstić information content (AvgIpc) is 2.61. The van der Waals surface area contributed by atoms with Crippen LogP contribution < -0.4 is 9.64 Å². The Morgan fingerprint density at radius 3 is 2.46 bits per heavy atom. The van der Waals surface area contributed by atoms with E-state index < -0.39 is 11.6 Å². The van der Waals surface area contributed by atoms with Crippen LogP contribution in [-0.2, 0) is 6.54 Å². The molecule has 24 heavy (non-hydrogen) atoms. The molecule has 1 aliphatic rings. The molecule has 0 spiro atoms. The molecule has 0 atom stereocenters. The second-order valence-corrected chi connectivity index (χ2v) is 5.88. The summed E-state index contributed by atoms with van der Waals surface area (Å²) in [7, 11) is 0. The van der Waals surface area contributed by atoms with Crippen LogP contribution in [0.2, 0.25) is 0 Å². The van der Waals surface area contributed by atoms with Gasteiger partial charge in [0.05, 0.1) is 12.3 Å². The van der Waals surface area contributed by atoms with E-state index in [0.717, 1.165) is 43.7 Å². The molecule has 5 heteroatoms. The summed E-state index contributed by atoms with van der Waals surface area (Å²) < 4.78 is 32.8. The molecule has 3 nitrogen and oxygen atoms in total. The number of nitrogens with zero attached hydrogens (tertiary/aromatic N) is 2. The van der Waals surface area contributed by atoms with Crippen molar-refractivity contribution in [3.05, 3.63) is 59.7 Å². The van der Waals surface area contributed by atoms with Crippen LogP contribution in [0.3, 0.4) is 0 Å². The maximum Gasteiger partial charge on any atom is 0.163 e. The molecule has 1 heterocycles. The maximum atomic E-state index is 13.8. The van der Waals surface area contributed by atoms with Crippen molar-refractivity contribution in [1.29, 1.82) is 0 Å². The number of hydrogen-bond acceptors (Lipinski definition) is 3. The number of piperazine rings is 1. The summed E-state index contributed by atoms with van der Waals surface area (Å²) in [6.45, 7) is 6.32. The normalized spacial score (nSPS) is 15.5. The number of anilines is 1. The van der Waals surface area contributed by atoms with Crippen LogP contribution in [0.15, 0.2) is 42.5 Å². The summed E-state index contributed by atoms with van der Waals surface area (Å²) >= 11 is 0. The first-order valence-corrected chi connectivity index (χ1v) is 8.31. The molecule has 0 saturated carbocycles. The summed E-state index contributed by atoms with van der Waals surface area (Å²) in [5, 5.41) is 0. The van der Waals surface area contributed by atoms with Crippen molar-refractivity contribution in [2.45, 2.75) is 13.5 Å². The van der Waals surface area contributed by atoms with Crippen LogP contribution in [0.1, 0.15) is 12.5 Å². The Morgan fingerprint density at radius 2 is 1.71 bits per heavy atom. The van der Waals surface area contributed by atoms with Gasteiger partial charge < -0.3 is 9.64 Å². The van der Waals surface area contributed by atoms with E-state index in [1.807, 2.05) is 25.1 Å². The lowest BCUT2D eigenvalue weighted by Crippen LogP contribution is -2.46. The lowest BCUT2D eigenvalue weighted by molar-refractivity contribution is 0.244. The third-order valence-electron chi connectivity index (χ3n) is 4.30. The molecule has 0 radical (unpaired) electrons. The molecular formula is C19H22F2N2O. The topological polar surface area (TPSA) is 15.7 Å². The van der Waals surface area contributed by atoms with Crippen molar-refractivity contribution in [3.8, 4) is 5.75 Å². The molecule has 0 aromatic heterocycles. The zero-order valence-electron chi connectivity index (χ0n) is 13.8. The van der Waals surface area contributed by atoms with Gasteiger partial charge in [-0.1, -0.05) is 24.3 Å². The first-order chi connectivity index (χ1) is 11.7. The maximum absolute atomic E-state index is 13.8. The molecule has 0 unspecified atom stereocenters. The van der Waals surface area contributed by atoms with Gasteiger partial charge in [0.15, 0.2) is 11.6 Å². The Balaban J connectivity index is 1.63. The Kier molecular flexibility index (Phi) is 5.30. The number of para-hydroxylation sites is 2. The van der Waals surface area contributed by atoms with Gasteiger partial charge in [0, 0.05) is 38.3 Å². The summed E-state index contributed by atoms with van der Waals surface area (Å²) in [6, 6.07) is 12.4. The van der Waals surface area contributed by atoms with E-state index in [1.54, 1.807) is 12.1 Å². The van der Waals surface area contributed by atoms with Crippen molar-refractivity contribution >= 4 is 5.69 Å². The third kappa shape index (κ3) is 3.67. The fraction of sp³-hybridized carbons (Fsp3) is 0.368. The van der Waals surface area contributed by atoms with E-state index in [2.05, 4.69) is 15.9 Å². The predicted octanol–water partition coefficient (Wildman–Crippen LogP) is 3.69. The molecule has 128 valence electrons. The molecule has 3 rings (SSSR count). The largest absolute Gasteiger partial charge is 0.492 e. The predicted molar refractivity (Wildman–Crippen MR) is 91.5 cm³/mol. The van der Waals surface area contributed by atoms with Crippen LogP contribution in [-0.4, -0.2) is 37.7 Å². The fourth-order valence-electron chi connectivity index (χ4n) is 3.05. The number of halogens is 2. The zero-order valence-corrected chi connectivity index (χ0v) is 13.8. The van der Waals surface area contributed by atoms with Crippen LogP contribution in [0.5, 0.6) is 5.75 Å². The van der Waals surface area contributed by atoms with Gasteiger partial charge >= 0.3 is 0 Å². The van der Waals surface area contributed by atoms with Crippen molar-refractivity contribution in [2.75, 3.05) is 37.7 Å². The Labute approximate surface area is 141 Å². The second-order valence-electron chi connectivity index (χ2n) is 5.88. The van der Waals surface area contributed by atoms with Gasteiger partial charge in [-0.2, -0.15) is 0 Å². The molecule has 2 aromatic carbocycles. The molecule has 0 bridgehead atoms. The van der Waals surface area contributed by atoms with E-state index in [9.17, 15) is 8.78 Å². The minimum Gasteiger partial charge on any atom is -0.492 e. The minimum absolute atomic E-state index is 0.415. The summed E-state index contributed by atoms with van der Waals surface area (Å²) in [6.07, 6.45) is 0. The van der Waals surface area contributed by atoms with Gasteiger partial charge in [0.25, 0.3) is 0 Å². The highest BCUT2D eigenvalue weighted by atomic mass is 19.2. The summed E-state index contributed by atoms with van der Waals surface area (Å²) in [5.74, 6) is -0.622.